The maximum atomic E-state index is 12.3. The van der Waals surface area contributed by atoms with Crippen LogP contribution in [0.5, 0.6) is 0 Å². The normalized spacial score (nSPS) is 19.8. The van der Waals surface area contributed by atoms with Gasteiger partial charge in [0, 0.05) is 24.5 Å². The molecule has 0 aliphatic carbocycles. The van der Waals surface area contributed by atoms with Crippen molar-refractivity contribution in [2.75, 3.05) is 19.6 Å². The molecule has 5 heteroatoms. The van der Waals surface area contributed by atoms with E-state index in [0.29, 0.717) is 11.7 Å². The van der Waals surface area contributed by atoms with Crippen molar-refractivity contribution >= 4 is 17.2 Å². The number of hydrogen-bond donors (Lipinski definition) is 1. The van der Waals surface area contributed by atoms with E-state index >= 15 is 0 Å². The van der Waals surface area contributed by atoms with Crippen LogP contribution in [0.2, 0.25) is 0 Å². The predicted octanol–water partition coefficient (Wildman–Crippen LogP) is 2.06. The fraction of sp³-hybridized carbons (Fsp3) is 0.692. The molecule has 2 rings (SSSR count). The van der Waals surface area contributed by atoms with Gasteiger partial charge < -0.3 is 10.2 Å². The lowest BCUT2D eigenvalue weighted by molar-refractivity contribution is 0.0736. The van der Waals surface area contributed by atoms with Crippen LogP contribution in [0.1, 0.15) is 41.7 Å². The van der Waals surface area contributed by atoms with Crippen molar-refractivity contribution in [3.05, 3.63) is 16.1 Å². The Morgan fingerprint density at radius 3 is 3.00 bits per heavy atom. The number of nitrogens with zero attached hydrogens (tertiary/aromatic N) is 2. The summed E-state index contributed by atoms with van der Waals surface area (Å²) in [5.41, 5.74) is 0.593. The van der Waals surface area contributed by atoms with Gasteiger partial charge in [0.25, 0.3) is 5.91 Å². The van der Waals surface area contributed by atoms with Crippen molar-refractivity contribution in [3.8, 4) is 0 Å². The van der Waals surface area contributed by atoms with Crippen molar-refractivity contribution < 1.29 is 4.79 Å². The molecule has 1 aromatic rings. The Bertz CT molecular complexity index is 399. The quantitative estimate of drug-likeness (QED) is 0.908. The minimum atomic E-state index is 0.0641. The van der Waals surface area contributed by atoms with Crippen molar-refractivity contribution in [2.24, 2.45) is 0 Å². The summed E-state index contributed by atoms with van der Waals surface area (Å²) in [6.45, 7) is 6.58. The molecule has 1 aromatic heterocycles. The van der Waals surface area contributed by atoms with E-state index in [1.165, 1.54) is 30.6 Å². The molecule has 0 saturated carbocycles. The van der Waals surface area contributed by atoms with Gasteiger partial charge in [-0.2, -0.15) is 0 Å². The minimum absolute atomic E-state index is 0.0641. The first-order valence-electron chi connectivity index (χ1n) is 6.65. The number of likely N-dealkylation sites (N-methyl/N-ethyl adjacent to an activating group) is 1. The third kappa shape index (κ3) is 3.29. The molecule has 0 aromatic carbocycles. The van der Waals surface area contributed by atoms with Gasteiger partial charge in [-0.3, -0.25) is 4.79 Å². The lowest BCUT2D eigenvalue weighted by Crippen LogP contribution is -2.45. The zero-order valence-corrected chi connectivity index (χ0v) is 11.9. The second-order valence-corrected chi connectivity index (χ2v) is 5.80. The van der Waals surface area contributed by atoms with Crippen LogP contribution in [0.25, 0.3) is 0 Å². The van der Waals surface area contributed by atoms with E-state index in [1.54, 1.807) is 0 Å². The summed E-state index contributed by atoms with van der Waals surface area (Å²) in [7, 11) is 0. The molecule has 1 saturated heterocycles. The lowest BCUT2D eigenvalue weighted by atomic mass is 10.0. The van der Waals surface area contributed by atoms with Gasteiger partial charge in [-0.05, 0) is 33.2 Å². The molecule has 1 N–H and O–H groups in total. The summed E-state index contributed by atoms with van der Waals surface area (Å²) >= 11 is 1.53. The molecule has 18 heavy (non-hydrogen) atoms. The van der Waals surface area contributed by atoms with Gasteiger partial charge in [0.05, 0.1) is 5.01 Å². The summed E-state index contributed by atoms with van der Waals surface area (Å²) in [5.74, 6) is 0.0641. The molecule has 1 fully saturated rings. The van der Waals surface area contributed by atoms with Crippen LogP contribution >= 0.6 is 11.3 Å². The van der Waals surface area contributed by atoms with Crippen LogP contribution in [-0.4, -0.2) is 41.5 Å². The first kappa shape index (κ1) is 13.5. The average molecular weight is 267 g/mol. The molecule has 1 amide bonds. The summed E-state index contributed by atoms with van der Waals surface area (Å²) in [4.78, 5) is 18.5. The standard InChI is InChI=1S/C13H21N3OS/c1-3-16(8-11-6-4-5-7-14-11)13(17)12-9-18-10(2)15-12/h9,11,14H,3-8H2,1-2H3. The Labute approximate surface area is 112 Å². The van der Waals surface area contributed by atoms with Crippen molar-refractivity contribution in [1.82, 2.24) is 15.2 Å². The summed E-state index contributed by atoms with van der Waals surface area (Å²) in [6, 6.07) is 0.447. The monoisotopic (exact) mass is 267 g/mol. The molecule has 0 radical (unpaired) electrons. The molecule has 1 aliphatic rings. The Morgan fingerprint density at radius 1 is 1.61 bits per heavy atom. The van der Waals surface area contributed by atoms with Gasteiger partial charge in [-0.1, -0.05) is 6.42 Å². The maximum absolute atomic E-state index is 12.3. The largest absolute Gasteiger partial charge is 0.336 e. The first-order valence-corrected chi connectivity index (χ1v) is 7.53. The Kier molecular flexibility index (Phi) is 4.72. The molecule has 1 aliphatic heterocycles. The average Bonchev–Trinajstić information content (AvgIpc) is 2.83. The third-order valence-electron chi connectivity index (χ3n) is 3.36. The van der Waals surface area contributed by atoms with E-state index in [9.17, 15) is 4.79 Å². The SMILES string of the molecule is CCN(CC1CCCCN1)C(=O)c1csc(C)n1. The van der Waals surface area contributed by atoms with E-state index in [0.717, 1.165) is 24.6 Å². The van der Waals surface area contributed by atoms with Crippen LogP contribution < -0.4 is 5.32 Å². The maximum Gasteiger partial charge on any atom is 0.273 e. The molecular weight excluding hydrogens is 246 g/mol. The number of carbonyl (C=O) groups excluding carboxylic acids is 1. The lowest BCUT2D eigenvalue weighted by Gasteiger charge is -2.29. The molecule has 0 spiro atoms. The number of piperidine rings is 1. The van der Waals surface area contributed by atoms with Gasteiger partial charge >= 0.3 is 0 Å². The number of aromatic nitrogens is 1. The smallest absolute Gasteiger partial charge is 0.273 e. The van der Waals surface area contributed by atoms with Gasteiger partial charge in [0.15, 0.2) is 0 Å². The predicted molar refractivity (Wildman–Crippen MR) is 74.1 cm³/mol. The Hall–Kier alpha value is -0.940. The van der Waals surface area contributed by atoms with Crippen LogP contribution in [0.3, 0.4) is 0 Å². The number of thiazole rings is 1. The van der Waals surface area contributed by atoms with E-state index in [-0.39, 0.29) is 5.91 Å². The van der Waals surface area contributed by atoms with Crippen molar-refractivity contribution in [1.29, 1.82) is 0 Å². The van der Waals surface area contributed by atoms with Gasteiger partial charge in [0.2, 0.25) is 0 Å². The van der Waals surface area contributed by atoms with Crippen LogP contribution in [-0.2, 0) is 0 Å². The molecule has 1 unspecified atom stereocenters. The third-order valence-corrected chi connectivity index (χ3v) is 4.13. The van der Waals surface area contributed by atoms with E-state index in [1.807, 2.05) is 24.1 Å². The van der Waals surface area contributed by atoms with Crippen LogP contribution in [0.15, 0.2) is 5.38 Å². The van der Waals surface area contributed by atoms with Gasteiger partial charge in [0.1, 0.15) is 5.69 Å². The fourth-order valence-electron chi connectivity index (χ4n) is 2.33. The van der Waals surface area contributed by atoms with Crippen molar-refractivity contribution in [2.45, 2.75) is 39.2 Å². The molecular formula is C13H21N3OS. The highest BCUT2D eigenvalue weighted by molar-refractivity contribution is 7.09. The van der Waals surface area contributed by atoms with Gasteiger partial charge in [-0.15, -0.1) is 11.3 Å². The van der Waals surface area contributed by atoms with E-state index in [2.05, 4.69) is 10.3 Å². The van der Waals surface area contributed by atoms with E-state index in [4.69, 9.17) is 0 Å². The molecule has 0 bridgehead atoms. The number of carbonyl (C=O) groups is 1. The topological polar surface area (TPSA) is 45.2 Å². The summed E-state index contributed by atoms with van der Waals surface area (Å²) in [5, 5.41) is 6.29. The first-order chi connectivity index (χ1) is 8.70. The van der Waals surface area contributed by atoms with Crippen LogP contribution in [0.4, 0.5) is 0 Å². The van der Waals surface area contributed by atoms with Crippen LogP contribution in [0, 0.1) is 6.92 Å². The number of nitrogens with one attached hydrogen (secondary N) is 1. The van der Waals surface area contributed by atoms with Gasteiger partial charge in [-0.25, -0.2) is 4.98 Å². The Morgan fingerprint density at radius 2 is 2.44 bits per heavy atom. The highest BCUT2D eigenvalue weighted by atomic mass is 32.1. The summed E-state index contributed by atoms with van der Waals surface area (Å²) in [6.07, 6.45) is 3.68. The van der Waals surface area contributed by atoms with E-state index < -0.39 is 0 Å². The Balaban J connectivity index is 1.97. The highest BCUT2D eigenvalue weighted by Crippen LogP contribution is 2.13. The number of aryl methyl sites for hydroxylation is 1. The summed E-state index contributed by atoms with van der Waals surface area (Å²) < 4.78 is 0. The molecule has 100 valence electrons. The zero-order valence-electron chi connectivity index (χ0n) is 11.1. The number of amides is 1. The molecule has 2 heterocycles. The highest BCUT2D eigenvalue weighted by Gasteiger charge is 2.21. The number of rotatable bonds is 4. The molecule has 1 atom stereocenters. The van der Waals surface area contributed by atoms with Crippen molar-refractivity contribution in [3.63, 3.8) is 0 Å². The fourth-order valence-corrected chi connectivity index (χ4v) is 2.91. The second-order valence-electron chi connectivity index (χ2n) is 4.74. The second kappa shape index (κ2) is 6.29. The minimum Gasteiger partial charge on any atom is -0.336 e. The zero-order chi connectivity index (χ0) is 13.0. The number of hydrogen-bond acceptors (Lipinski definition) is 4. The molecule has 4 nitrogen and oxygen atoms in total.